The Morgan fingerprint density at radius 3 is 2.39 bits per heavy atom. The van der Waals surface area contributed by atoms with Crippen molar-refractivity contribution in [3.63, 3.8) is 0 Å². The molecule has 0 amide bonds. The molecule has 0 aromatic carbocycles. The number of hydrogen-bond donors (Lipinski definition) is 0. The van der Waals surface area contributed by atoms with Gasteiger partial charge in [-0.25, -0.2) is 0 Å². The summed E-state index contributed by atoms with van der Waals surface area (Å²) < 4.78 is 5.68. The first kappa shape index (κ1) is 22.3. The zero-order chi connectivity index (χ0) is 22.2. The normalized spacial score (nSPS) is 51.3. The highest BCUT2D eigenvalue weighted by Gasteiger charge is 2.80. The lowest BCUT2D eigenvalue weighted by molar-refractivity contribution is -0.156. The number of esters is 1. The molecule has 2 nitrogen and oxygen atoms in total. The van der Waals surface area contributed by atoms with Gasteiger partial charge in [-0.1, -0.05) is 47.5 Å². The van der Waals surface area contributed by atoms with E-state index >= 15 is 0 Å². The molecular weight excluding hydrogens is 380 g/mol. The van der Waals surface area contributed by atoms with Gasteiger partial charge in [0.15, 0.2) is 0 Å². The number of carbonyl (C=O) groups is 1. The van der Waals surface area contributed by atoms with E-state index in [0.717, 1.165) is 42.4 Å². The van der Waals surface area contributed by atoms with Crippen LogP contribution >= 0.6 is 0 Å². The van der Waals surface area contributed by atoms with E-state index in [1.54, 1.807) is 6.92 Å². The Kier molecular flexibility index (Phi) is 5.20. The number of ether oxygens (including phenoxy) is 1. The van der Waals surface area contributed by atoms with Crippen LogP contribution in [0.3, 0.4) is 0 Å². The second-order valence-electron chi connectivity index (χ2n) is 13.8. The molecule has 31 heavy (non-hydrogen) atoms. The molecule has 0 saturated heterocycles. The van der Waals surface area contributed by atoms with Crippen molar-refractivity contribution in [2.75, 3.05) is 0 Å². The first-order valence-electron chi connectivity index (χ1n) is 13.8. The van der Waals surface area contributed by atoms with Gasteiger partial charge < -0.3 is 4.74 Å². The van der Waals surface area contributed by atoms with Crippen molar-refractivity contribution >= 4 is 5.97 Å². The number of fused-ring (bicyclic) bond motifs is 2. The molecule has 0 radical (unpaired) electrons. The quantitative estimate of drug-likeness (QED) is 0.418. The summed E-state index contributed by atoms with van der Waals surface area (Å²) in [6.07, 6.45) is 16.9. The van der Waals surface area contributed by atoms with E-state index in [9.17, 15) is 4.79 Å². The Morgan fingerprint density at radius 2 is 1.68 bits per heavy atom. The summed E-state index contributed by atoms with van der Waals surface area (Å²) >= 11 is 0. The molecule has 5 saturated carbocycles. The van der Waals surface area contributed by atoms with Crippen LogP contribution in [0.2, 0.25) is 0 Å². The Hall–Kier alpha value is -0.530. The molecule has 0 heterocycles. The number of hydrogen-bond acceptors (Lipinski definition) is 2. The lowest BCUT2D eigenvalue weighted by atomic mass is 9.43. The van der Waals surface area contributed by atoms with Gasteiger partial charge >= 0.3 is 5.97 Å². The maximum atomic E-state index is 11.5. The van der Waals surface area contributed by atoms with Gasteiger partial charge in [0.25, 0.3) is 0 Å². The average molecular weight is 429 g/mol. The highest BCUT2D eigenvalue weighted by Crippen LogP contribution is 2.87. The largest absolute Gasteiger partial charge is 0.463 e. The highest BCUT2D eigenvalue weighted by atomic mass is 16.5. The van der Waals surface area contributed by atoms with Crippen molar-refractivity contribution in [1.82, 2.24) is 0 Å². The second-order valence-corrected chi connectivity index (χ2v) is 13.8. The maximum absolute atomic E-state index is 11.5. The average Bonchev–Trinajstić information content (AvgIpc) is 3.28. The van der Waals surface area contributed by atoms with Gasteiger partial charge in [-0.2, -0.15) is 0 Å². The van der Waals surface area contributed by atoms with Gasteiger partial charge in [0.05, 0.1) is 0 Å². The molecule has 0 aromatic heterocycles. The van der Waals surface area contributed by atoms with E-state index in [4.69, 9.17) is 4.74 Å². The van der Waals surface area contributed by atoms with Crippen molar-refractivity contribution in [2.24, 2.45) is 51.2 Å². The first-order valence-corrected chi connectivity index (χ1v) is 13.8. The SMILES string of the molecule is CC(=O)O[C@H]1CC[C@]23C[C@]24CC[C@]2(C)[C@@H]([C@H](C)CCC(C)C)CC[C@@]2(C)[C@@H]4CC[C@@H]3C1. The van der Waals surface area contributed by atoms with Crippen LogP contribution in [-0.4, -0.2) is 12.1 Å². The third-order valence-electron chi connectivity index (χ3n) is 12.4. The molecule has 0 N–H and O–H groups in total. The summed E-state index contributed by atoms with van der Waals surface area (Å²) in [7, 11) is 0. The Morgan fingerprint density at radius 1 is 0.903 bits per heavy atom. The third-order valence-corrected chi connectivity index (χ3v) is 12.4. The summed E-state index contributed by atoms with van der Waals surface area (Å²) in [6.45, 7) is 14.4. The molecule has 2 spiro atoms. The third kappa shape index (κ3) is 2.97. The summed E-state index contributed by atoms with van der Waals surface area (Å²) in [5.74, 6) is 4.33. The summed E-state index contributed by atoms with van der Waals surface area (Å²) in [6, 6.07) is 0. The van der Waals surface area contributed by atoms with Crippen molar-refractivity contribution in [3.05, 3.63) is 0 Å². The van der Waals surface area contributed by atoms with Gasteiger partial charge in [0, 0.05) is 6.92 Å². The van der Waals surface area contributed by atoms with E-state index in [-0.39, 0.29) is 12.1 Å². The van der Waals surface area contributed by atoms with E-state index < -0.39 is 0 Å². The molecule has 5 fully saturated rings. The molecule has 5 aliphatic rings. The standard InChI is InChI=1S/C29H48O2/c1-19(2)7-8-20(3)24-12-13-27(6)25-10-9-22-17-23(31-21(4)30)11-14-28(22)18-29(25,28)16-15-26(24,27)5/h19-20,22-25H,7-18H2,1-6H3/t20-,22-,23+,24-,25+,26-,27+,28-,29+/m1/s1. The van der Waals surface area contributed by atoms with Crippen molar-refractivity contribution in [1.29, 1.82) is 0 Å². The van der Waals surface area contributed by atoms with Crippen LogP contribution in [0, 0.1) is 51.2 Å². The van der Waals surface area contributed by atoms with Gasteiger partial charge in [0.2, 0.25) is 0 Å². The lowest BCUT2D eigenvalue weighted by Crippen LogP contribution is -2.55. The predicted octanol–water partition coefficient (Wildman–Crippen LogP) is 7.79. The van der Waals surface area contributed by atoms with Crippen LogP contribution in [0.1, 0.15) is 119 Å². The van der Waals surface area contributed by atoms with E-state index in [2.05, 4.69) is 34.6 Å². The summed E-state index contributed by atoms with van der Waals surface area (Å²) in [5.41, 5.74) is 2.34. The Bertz CT molecular complexity index is 728. The number of carbonyl (C=O) groups excluding carboxylic acids is 1. The van der Waals surface area contributed by atoms with Crippen LogP contribution in [0.25, 0.3) is 0 Å². The summed E-state index contributed by atoms with van der Waals surface area (Å²) in [4.78, 5) is 11.5. The Balaban J connectivity index is 1.35. The molecule has 176 valence electrons. The first-order chi connectivity index (χ1) is 14.6. The van der Waals surface area contributed by atoms with Crippen molar-refractivity contribution in [3.8, 4) is 0 Å². The minimum Gasteiger partial charge on any atom is -0.463 e. The number of rotatable bonds is 5. The molecule has 9 atom stereocenters. The van der Waals surface area contributed by atoms with Crippen LogP contribution in [0.5, 0.6) is 0 Å². The fourth-order valence-electron chi connectivity index (χ4n) is 10.7. The fourth-order valence-corrected chi connectivity index (χ4v) is 10.7. The fraction of sp³-hybridized carbons (Fsp3) is 0.966. The lowest BCUT2D eigenvalue weighted by Gasteiger charge is -2.61. The van der Waals surface area contributed by atoms with Crippen LogP contribution in [0.4, 0.5) is 0 Å². The van der Waals surface area contributed by atoms with Gasteiger partial charge in [0.1, 0.15) is 6.10 Å². The van der Waals surface area contributed by atoms with Crippen molar-refractivity contribution < 1.29 is 9.53 Å². The molecule has 0 unspecified atom stereocenters. The van der Waals surface area contributed by atoms with E-state index in [0.29, 0.717) is 21.7 Å². The predicted molar refractivity (Wildman–Crippen MR) is 127 cm³/mol. The topological polar surface area (TPSA) is 26.3 Å². The molecule has 0 bridgehead atoms. The summed E-state index contributed by atoms with van der Waals surface area (Å²) in [5, 5.41) is 0. The van der Waals surface area contributed by atoms with Gasteiger partial charge in [-0.15, -0.1) is 0 Å². The van der Waals surface area contributed by atoms with Crippen molar-refractivity contribution in [2.45, 2.75) is 125 Å². The monoisotopic (exact) mass is 428 g/mol. The zero-order valence-electron chi connectivity index (χ0n) is 21.3. The smallest absolute Gasteiger partial charge is 0.302 e. The van der Waals surface area contributed by atoms with E-state index in [1.807, 2.05) is 0 Å². The highest BCUT2D eigenvalue weighted by molar-refractivity contribution is 5.66. The Labute approximate surface area is 191 Å². The van der Waals surface area contributed by atoms with E-state index in [1.165, 1.54) is 64.2 Å². The molecule has 0 aromatic rings. The van der Waals surface area contributed by atoms with Gasteiger partial charge in [-0.05, 0) is 115 Å². The molecule has 2 heteroatoms. The molecule has 5 aliphatic carbocycles. The van der Waals surface area contributed by atoms with Crippen LogP contribution in [0.15, 0.2) is 0 Å². The molecule has 5 rings (SSSR count). The minimum absolute atomic E-state index is 0.0790. The zero-order valence-corrected chi connectivity index (χ0v) is 21.3. The maximum Gasteiger partial charge on any atom is 0.302 e. The van der Waals surface area contributed by atoms with Crippen LogP contribution < -0.4 is 0 Å². The van der Waals surface area contributed by atoms with Crippen LogP contribution in [-0.2, 0) is 9.53 Å². The van der Waals surface area contributed by atoms with Gasteiger partial charge in [-0.3, -0.25) is 4.79 Å². The molecular formula is C29H48O2. The second kappa shape index (κ2) is 7.23. The molecule has 0 aliphatic heterocycles. The minimum atomic E-state index is -0.0790.